The summed E-state index contributed by atoms with van der Waals surface area (Å²) in [6, 6.07) is 44.7. The fourth-order valence-corrected chi connectivity index (χ4v) is 7.42. The fourth-order valence-electron chi connectivity index (χ4n) is 7.42. The highest BCUT2D eigenvalue weighted by Crippen LogP contribution is 2.44. The maximum atomic E-state index is 9.48. The van der Waals surface area contributed by atoms with Crippen LogP contribution in [0.4, 0.5) is 17.1 Å². The van der Waals surface area contributed by atoms with Crippen LogP contribution in [0.25, 0.3) is 72.0 Å². The summed E-state index contributed by atoms with van der Waals surface area (Å²) < 4.78 is 108. The molecule has 0 aliphatic heterocycles. The van der Waals surface area contributed by atoms with Gasteiger partial charge in [-0.3, -0.25) is 0 Å². The van der Waals surface area contributed by atoms with Crippen molar-refractivity contribution in [3.63, 3.8) is 0 Å². The second-order valence-corrected chi connectivity index (χ2v) is 13.3. The van der Waals surface area contributed by atoms with E-state index in [0.29, 0.717) is 11.3 Å². The number of benzene rings is 9. The van der Waals surface area contributed by atoms with E-state index in [0.717, 1.165) is 49.3 Å². The minimum absolute atomic E-state index is 0.000771. The van der Waals surface area contributed by atoms with Gasteiger partial charge in [0, 0.05) is 33.4 Å². The molecule has 1 heterocycles. The first-order chi connectivity index (χ1) is 32.8. The number of hydrogen-bond acceptors (Lipinski definition) is 1. The Kier molecular flexibility index (Phi) is 5.85. The summed E-state index contributed by atoms with van der Waals surface area (Å²) in [5, 5.41) is -0.125. The van der Waals surface area contributed by atoms with E-state index < -0.39 is 78.2 Å². The number of rotatable bonds is 8. The van der Waals surface area contributed by atoms with Gasteiger partial charge in [-0.05, 0) is 93.4 Å². The van der Waals surface area contributed by atoms with Gasteiger partial charge in [0.05, 0.1) is 33.2 Å². The van der Waals surface area contributed by atoms with Crippen LogP contribution < -0.4 is 4.90 Å². The molecular formula is C54H38N2. The largest absolute Gasteiger partial charge is 0.310 e. The third kappa shape index (κ3) is 6.04. The molecule has 0 N–H and O–H groups in total. The van der Waals surface area contributed by atoms with E-state index in [9.17, 15) is 5.48 Å². The third-order valence-electron chi connectivity index (χ3n) is 10.0. The average molecular weight is 727 g/mol. The Labute approximate surface area is 344 Å². The maximum Gasteiger partial charge on any atom is 0.0645 e. The number of fused-ring (bicyclic) bond motifs is 3. The van der Waals surface area contributed by atoms with Crippen LogP contribution >= 0.6 is 0 Å². The molecule has 264 valence electrons. The van der Waals surface area contributed by atoms with Gasteiger partial charge in [0.2, 0.25) is 0 Å². The minimum atomic E-state index is -0.690. The number of nitrogens with zero attached hydrogens (tertiary/aromatic N) is 2. The molecule has 0 saturated heterocycles. The van der Waals surface area contributed by atoms with Gasteiger partial charge in [-0.2, -0.15) is 0 Å². The molecule has 10 aromatic rings. The van der Waals surface area contributed by atoms with E-state index in [-0.39, 0.29) is 27.4 Å². The van der Waals surface area contributed by atoms with Gasteiger partial charge in [0.15, 0.2) is 0 Å². The van der Waals surface area contributed by atoms with E-state index in [1.54, 1.807) is 12.1 Å². The van der Waals surface area contributed by atoms with E-state index in [4.69, 9.17) is 11.0 Å². The summed E-state index contributed by atoms with van der Waals surface area (Å²) in [6.07, 6.45) is 0. The Hall–Kier alpha value is -7.42. The molecule has 0 atom stereocenters. The van der Waals surface area contributed by atoms with Crippen LogP contribution in [0.3, 0.4) is 0 Å². The molecule has 0 amide bonds. The molecule has 0 bridgehead atoms. The zero-order valence-corrected chi connectivity index (χ0v) is 29.9. The predicted octanol–water partition coefficient (Wildman–Crippen LogP) is 14.9. The Morgan fingerprint density at radius 3 is 1.68 bits per heavy atom. The molecule has 0 aliphatic carbocycles. The lowest BCUT2D eigenvalue weighted by molar-refractivity contribution is 1.18. The summed E-state index contributed by atoms with van der Waals surface area (Å²) in [5.74, 6) is 0. The second kappa shape index (κ2) is 14.4. The van der Waals surface area contributed by atoms with E-state index >= 15 is 0 Å². The van der Waals surface area contributed by atoms with Crippen molar-refractivity contribution in [3.8, 4) is 50.2 Å². The van der Waals surface area contributed by atoms with Crippen LogP contribution in [0.2, 0.25) is 0 Å². The van der Waals surface area contributed by atoms with Gasteiger partial charge in [0.25, 0.3) is 0 Å². The van der Waals surface area contributed by atoms with E-state index in [1.165, 1.54) is 0 Å². The first-order valence-electron chi connectivity index (χ1n) is 24.2. The van der Waals surface area contributed by atoms with E-state index in [1.807, 2.05) is 97.1 Å². The highest BCUT2D eigenvalue weighted by molar-refractivity contribution is 6.16. The van der Waals surface area contributed by atoms with Crippen LogP contribution in [0.15, 0.2) is 230 Å². The van der Waals surface area contributed by atoms with E-state index in [2.05, 4.69) is 53.4 Å². The lowest BCUT2D eigenvalue weighted by atomic mass is 9.97. The van der Waals surface area contributed by atoms with Crippen molar-refractivity contribution in [2.24, 2.45) is 0 Å². The lowest BCUT2D eigenvalue weighted by Gasteiger charge is -2.28. The molecule has 2 nitrogen and oxygen atoms in total. The van der Waals surface area contributed by atoms with Crippen molar-refractivity contribution in [3.05, 3.63) is 230 Å². The standard InChI is InChI=1S/C54H38N2/c1-4-16-39(17-5-1)40-30-32-41(33-31-40)42-34-36-46(37-35-42)55(51-27-12-10-24-48(51)43-18-6-2-7-19-43)47-23-14-20-44(38-47)49-26-15-29-53-54(49)50-25-11-13-28-52(50)56(53)45-21-8-3-9-22-45/h1-38H/i3D,8D,9D,11D,13D,15D,21D,22D,25D,26D,28D,29D. The number of para-hydroxylation sites is 3. The highest BCUT2D eigenvalue weighted by atomic mass is 15.1. The zero-order chi connectivity index (χ0) is 47.7. The molecule has 2 heteroatoms. The molecule has 0 fully saturated rings. The van der Waals surface area contributed by atoms with Crippen molar-refractivity contribution < 1.29 is 16.4 Å². The van der Waals surface area contributed by atoms with Gasteiger partial charge in [-0.15, -0.1) is 0 Å². The number of hydrogen-bond donors (Lipinski definition) is 0. The molecule has 0 aliphatic rings. The van der Waals surface area contributed by atoms with Gasteiger partial charge in [0.1, 0.15) is 0 Å². The van der Waals surface area contributed by atoms with Gasteiger partial charge < -0.3 is 9.47 Å². The lowest BCUT2D eigenvalue weighted by Crippen LogP contribution is -2.11. The molecule has 56 heavy (non-hydrogen) atoms. The third-order valence-corrected chi connectivity index (χ3v) is 10.0. The van der Waals surface area contributed by atoms with Crippen molar-refractivity contribution in [1.29, 1.82) is 0 Å². The minimum Gasteiger partial charge on any atom is -0.310 e. The van der Waals surface area contributed by atoms with Crippen molar-refractivity contribution >= 4 is 38.9 Å². The molecule has 10 rings (SSSR count). The normalized spacial score (nSPS) is 14.2. The molecule has 9 aromatic carbocycles. The number of anilines is 3. The van der Waals surface area contributed by atoms with Crippen LogP contribution in [0.1, 0.15) is 16.4 Å². The first kappa shape index (κ1) is 22.7. The Morgan fingerprint density at radius 2 is 0.946 bits per heavy atom. The topological polar surface area (TPSA) is 8.17 Å². The number of aromatic nitrogens is 1. The van der Waals surface area contributed by atoms with Gasteiger partial charge in [-0.25, -0.2) is 0 Å². The van der Waals surface area contributed by atoms with Crippen LogP contribution in [0, 0.1) is 0 Å². The second-order valence-electron chi connectivity index (χ2n) is 13.3. The maximum absolute atomic E-state index is 9.48. The summed E-state index contributed by atoms with van der Waals surface area (Å²) in [7, 11) is 0. The predicted molar refractivity (Wildman–Crippen MR) is 237 cm³/mol. The fraction of sp³-hybridized carbons (Fsp3) is 0. The van der Waals surface area contributed by atoms with Gasteiger partial charge >= 0.3 is 0 Å². The van der Waals surface area contributed by atoms with Crippen molar-refractivity contribution in [2.45, 2.75) is 0 Å². The van der Waals surface area contributed by atoms with Crippen molar-refractivity contribution in [1.82, 2.24) is 4.57 Å². The summed E-state index contributed by atoms with van der Waals surface area (Å²) >= 11 is 0. The smallest absolute Gasteiger partial charge is 0.0645 e. The summed E-state index contributed by atoms with van der Waals surface area (Å²) in [6.45, 7) is 0. The van der Waals surface area contributed by atoms with Crippen molar-refractivity contribution in [2.75, 3.05) is 4.90 Å². The quantitative estimate of drug-likeness (QED) is 0.151. The van der Waals surface area contributed by atoms with Crippen LogP contribution in [-0.2, 0) is 0 Å². The van der Waals surface area contributed by atoms with Crippen LogP contribution in [-0.4, -0.2) is 4.57 Å². The van der Waals surface area contributed by atoms with Gasteiger partial charge in [-0.1, -0.05) is 176 Å². The highest BCUT2D eigenvalue weighted by Gasteiger charge is 2.20. The SMILES string of the molecule is [2H]c1c([2H])c([2H])c(-n2c3c([2H])c([2H])c([2H])c([2H])c3c3c(-c4cccc(N(c5ccc(-c6ccc(-c7ccccc7)cc6)cc5)c5ccccc5-c5ccccc5)c4)c([2H])c([2H])c([2H])c32)c([2H])c1[2H]. The molecule has 0 radical (unpaired) electrons. The molecular weight excluding hydrogens is 677 g/mol. The monoisotopic (exact) mass is 726 g/mol. The molecule has 0 unspecified atom stereocenters. The summed E-state index contributed by atoms with van der Waals surface area (Å²) in [5.41, 5.74) is 7.93. The Bertz CT molecular complexity index is 3600. The average Bonchev–Trinajstić information content (AvgIpc) is 3.72. The Balaban J connectivity index is 1.22. The molecule has 1 aromatic heterocycles. The van der Waals surface area contributed by atoms with Crippen LogP contribution in [0.5, 0.6) is 0 Å². The zero-order valence-electron chi connectivity index (χ0n) is 41.9. The molecule has 0 saturated carbocycles. The first-order valence-corrected chi connectivity index (χ1v) is 18.2. The summed E-state index contributed by atoms with van der Waals surface area (Å²) in [4.78, 5) is 2.08. The Morgan fingerprint density at radius 1 is 0.375 bits per heavy atom. The molecule has 0 spiro atoms.